The summed E-state index contributed by atoms with van der Waals surface area (Å²) in [5, 5.41) is 26.0. The van der Waals surface area contributed by atoms with E-state index in [1.165, 1.54) is 125 Å². The standard InChI is InChI=1S/C57H88N10O13/c1-48(2,3)80-46(77)57(20,21)67-45(76)56(18,19)66-44(75)55(16,17)65-43(74)54(14,15)64-42(73)53(12,13)63-41(72)52(10,11)62-40(71)51(8,9)61-39(70)50(6,7)60-38(69)49(4,5)59-37(68)36(32-34-28-24-22-25-29-34)58-47(78)79-33-35-30-26-23-27-31-35/h22-31,36H,32-33H2,1-21H3,(H,58,78)(H,59,68)(H,60,69)(H,61,70)(H,62,71)(H,63,72)(H,64,73)(H,65,74)(H,66,75)(H,67,76)/t36-/m0/s1/i12+1,13+1. The number of carbonyl (C=O) groups excluding carboxylic acids is 11. The molecule has 0 bridgehead atoms. The number of benzene rings is 2. The van der Waals surface area contributed by atoms with Crippen LogP contribution in [0.15, 0.2) is 60.7 Å². The molecule has 2 aromatic carbocycles. The van der Waals surface area contributed by atoms with Crippen LogP contribution in [0, 0.1) is 0 Å². The van der Waals surface area contributed by atoms with Crippen LogP contribution in [0.4, 0.5) is 4.79 Å². The summed E-state index contributed by atoms with van der Waals surface area (Å²) in [6.07, 6.45) is -0.810. The number of ether oxygens (including phenoxy) is 2. The molecule has 0 aromatic heterocycles. The number of alkyl carbamates (subject to hydrolysis) is 1. The largest absolute Gasteiger partial charge is 0.458 e. The normalized spacial score (nSPS) is 13.2. The molecule has 10 N–H and O–H groups in total. The summed E-state index contributed by atoms with van der Waals surface area (Å²) in [6.45, 7) is 30.0. The van der Waals surface area contributed by atoms with Crippen LogP contribution in [-0.2, 0) is 70.4 Å². The molecule has 0 aliphatic heterocycles. The molecule has 0 aliphatic rings. The summed E-state index contributed by atoms with van der Waals surface area (Å²) in [4.78, 5) is 149. The monoisotopic (exact) mass is 1120 g/mol. The minimum absolute atomic E-state index is 0.0500. The predicted octanol–water partition coefficient (Wildman–Crippen LogP) is 2.92. The van der Waals surface area contributed by atoms with E-state index in [2.05, 4.69) is 53.2 Å². The van der Waals surface area contributed by atoms with E-state index in [-0.39, 0.29) is 13.0 Å². The molecular formula is C57H88N10O13. The van der Waals surface area contributed by atoms with Crippen molar-refractivity contribution >= 4 is 65.2 Å². The van der Waals surface area contributed by atoms with E-state index in [4.69, 9.17) is 9.47 Å². The molecule has 23 heteroatoms. The molecule has 444 valence electrons. The lowest BCUT2D eigenvalue weighted by molar-refractivity contribution is -0.163. The van der Waals surface area contributed by atoms with Gasteiger partial charge in [0.1, 0.15) is 68.1 Å². The Morgan fingerprint density at radius 3 is 0.875 bits per heavy atom. The maximum Gasteiger partial charge on any atom is 0.408 e. The minimum atomic E-state index is -1.73. The highest BCUT2D eigenvalue weighted by molar-refractivity contribution is 6.03. The van der Waals surface area contributed by atoms with Crippen LogP contribution < -0.4 is 53.2 Å². The van der Waals surface area contributed by atoms with Gasteiger partial charge in [0.25, 0.3) is 0 Å². The third kappa shape index (κ3) is 20.3. The Morgan fingerprint density at radius 2 is 0.600 bits per heavy atom. The molecule has 2 rings (SSSR count). The Labute approximate surface area is 470 Å². The lowest BCUT2D eigenvalue weighted by Crippen LogP contribution is -2.70. The number of carbonyl (C=O) groups is 11. The number of esters is 1. The topological polar surface area (TPSA) is 327 Å². The van der Waals surface area contributed by atoms with Gasteiger partial charge < -0.3 is 62.6 Å². The summed E-state index contributed by atoms with van der Waals surface area (Å²) in [6, 6.07) is 16.7. The van der Waals surface area contributed by atoms with E-state index in [1.54, 1.807) is 75.4 Å². The van der Waals surface area contributed by atoms with Crippen molar-refractivity contribution in [3.8, 4) is 0 Å². The van der Waals surface area contributed by atoms with E-state index in [0.717, 1.165) is 5.56 Å². The zero-order chi connectivity index (χ0) is 62.1. The molecule has 10 amide bonds. The molecule has 80 heavy (non-hydrogen) atoms. The van der Waals surface area contributed by atoms with Crippen molar-refractivity contribution in [3.05, 3.63) is 71.8 Å². The molecule has 0 fully saturated rings. The highest BCUT2D eigenvalue weighted by atomic mass is 16.6. The van der Waals surface area contributed by atoms with Crippen LogP contribution in [-0.4, -0.2) is 127 Å². The second kappa shape index (κ2) is 25.2. The Kier molecular flexibility index (Phi) is 21.6. The maximum atomic E-state index is 13.8. The van der Waals surface area contributed by atoms with Gasteiger partial charge >= 0.3 is 12.1 Å². The third-order valence-electron chi connectivity index (χ3n) is 12.4. The average molecular weight is 1120 g/mol. The molecule has 23 nitrogen and oxygen atoms in total. The predicted molar refractivity (Wildman–Crippen MR) is 300 cm³/mol. The van der Waals surface area contributed by atoms with Gasteiger partial charge in [-0.3, -0.25) is 43.2 Å². The van der Waals surface area contributed by atoms with Crippen molar-refractivity contribution in [3.63, 3.8) is 0 Å². The van der Waals surface area contributed by atoms with Gasteiger partial charge in [-0.15, -0.1) is 0 Å². The van der Waals surface area contributed by atoms with E-state index in [9.17, 15) is 52.7 Å². The number of amides is 10. The quantitative estimate of drug-likeness (QED) is 0.0535. The SMILES string of the molecule is CC(C)(C)OC(=O)C(C)(C)NC(=O)C(C)(C)NC(=O)C(C)(C)NC(=O)C(C)(C)NC(=O)C([13CH3])([13CH3])NC(=O)C(C)(C)NC(=O)C(C)(C)NC(=O)C(C)(C)NC(=O)C(C)(C)NC(=O)[C@H](Cc1ccccc1)NC(=O)OCc1ccccc1. The van der Waals surface area contributed by atoms with Gasteiger partial charge in [-0.1, -0.05) is 60.7 Å². The molecule has 2 aromatic rings. The molecule has 0 radical (unpaired) electrons. The zero-order valence-electron chi connectivity index (χ0n) is 50.6. The molecule has 0 saturated carbocycles. The third-order valence-corrected chi connectivity index (χ3v) is 12.4. The molecule has 0 aliphatic carbocycles. The first-order valence-corrected chi connectivity index (χ1v) is 26.2. The first-order chi connectivity index (χ1) is 36.0. The summed E-state index contributed by atoms with van der Waals surface area (Å²) in [5.41, 5.74) is -14.3. The first kappa shape index (κ1) is 68.5. The second-order valence-corrected chi connectivity index (χ2v) is 25.7. The van der Waals surface area contributed by atoms with E-state index >= 15 is 0 Å². The number of hydrogen-bond acceptors (Lipinski definition) is 13. The zero-order valence-corrected chi connectivity index (χ0v) is 50.6. The van der Waals surface area contributed by atoms with Crippen LogP contribution in [0.5, 0.6) is 0 Å². The van der Waals surface area contributed by atoms with E-state index in [1.807, 2.05) is 6.07 Å². The van der Waals surface area contributed by atoms with Crippen molar-refractivity contribution in [2.75, 3.05) is 0 Å². The highest BCUT2D eigenvalue weighted by Crippen LogP contribution is 2.20. The summed E-state index contributed by atoms with van der Waals surface area (Å²) in [5.74, 6) is -7.82. The van der Waals surface area contributed by atoms with Gasteiger partial charge in [-0.05, 0) is 157 Å². The molecule has 1 atom stereocenters. The number of nitrogens with one attached hydrogen (secondary N) is 10. The molecule has 0 heterocycles. The van der Waals surface area contributed by atoms with Gasteiger partial charge in [-0.25, -0.2) is 9.59 Å². The van der Waals surface area contributed by atoms with Crippen LogP contribution >= 0.6 is 0 Å². The summed E-state index contributed by atoms with van der Waals surface area (Å²) >= 11 is 0. The van der Waals surface area contributed by atoms with Crippen molar-refractivity contribution in [1.82, 2.24) is 53.2 Å². The smallest absolute Gasteiger partial charge is 0.408 e. The van der Waals surface area contributed by atoms with E-state index < -0.39 is 127 Å². The van der Waals surface area contributed by atoms with Crippen molar-refractivity contribution in [2.24, 2.45) is 0 Å². The second-order valence-electron chi connectivity index (χ2n) is 25.7. The fourth-order valence-electron chi connectivity index (χ4n) is 6.79. The minimum Gasteiger partial charge on any atom is -0.458 e. The first-order valence-electron chi connectivity index (χ1n) is 26.2. The van der Waals surface area contributed by atoms with Gasteiger partial charge in [-0.2, -0.15) is 0 Å². The van der Waals surface area contributed by atoms with E-state index in [0.29, 0.717) is 5.56 Å². The summed E-state index contributed by atoms with van der Waals surface area (Å²) < 4.78 is 10.8. The van der Waals surface area contributed by atoms with Gasteiger partial charge in [0.2, 0.25) is 53.2 Å². The highest BCUT2D eigenvalue weighted by Gasteiger charge is 2.47. The Bertz CT molecular complexity index is 2650. The van der Waals surface area contributed by atoms with Crippen molar-refractivity contribution in [2.45, 2.75) is 220 Å². The Balaban J connectivity index is 2.08. The molecular weight excluding hydrogens is 1030 g/mol. The van der Waals surface area contributed by atoms with Crippen LogP contribution in [0.25, 0.3) is 0 Å². The van der Waals surface area contributed by atoms with Crippen molar-refractivity contribution < 1.29 is 62.2 Å². The van der Waals surface area contributed by atoms with Crippen LogP contribution in [0.3, 0.4) is 0 Å². The Hall–Kier alpha value is -7.59. The lowest BCUT2D eigenvalue weighted by Gasteiger charge is -2.38. The molecule has 0 unspecified atom stereocenters. The Morgan fingerprint density at radius 1 is 0.350 bits per heavy atom. The van der Waals surface area contributed by atoms with Crippen LogP contribution in [0.1, 0.15) is 157 Å². The van der Waals surface area contributed by atoms with Gasteiger partial charge in [0.15, 0.2) is 0 Å². The lowest BCUT2D eigenvalue weighted by atomic mass is 9.94. The molecule has 0 spiro atoms. The van der Waals surface area contributed by atoms with Gasteiger partial charge in [0, 0.05) is 6.42 Å². The van der Waals surface area contributed by atoms with Crippen LogP contribution in [0.2, 0.25) is 0 Å². The number of rotatable bonds is 24. The average Bonchev–Trinajstić information content (AvgIpc) is 3.29. The number of hydrogen-bond donors (Lipinski definition) is 10. The maximum absolute atomic E-state index is 13.8. The fraction of sp³-hybridized carbons (Fsp3) is 0.596. The van der Waals surface area contributed by atoms with Gasteiger partial charge in [0.05, 0.1) is 0 Å². The fourth-order valence-corrected chi connectivity index (χ4v) is 6.79. The van der Waals surface area contributed by atoms with Crippen molar-refractivity contribution in [1.29, 1.82) is 0 Å². The molecule has 0 saturated heterocycles. The summed E-state index contributed by atoms with van der Waals surface area (Å²) in [7, 11) is 0.